The highest BCUT2D eigenvalue weighted by atomic mass is 16.5. The molecule has 32 heavy (non-hydrogen) atoms. The number of nitrogens with zero attached hydrogens (tertiary/aromatic N) is 5. The third-order valence-electron chi connectivity index (χ3n) is 5.78. The molecule has 2 N–H and O–H groups in total. The maximum atomic E-state index is 12.5. The van der Waals surface area contributed by atoms with Crippen molar-refractivity contribution in [2.75, 3.05) is 26.2 Å². The fourth-order valence-electron chi connectivity index (χ4n) is 4.02. The number of rotatable bonds is 4. The number of nitrogens with one attached hydrogen (secondary N) is 1. The number of carbonyl (C=O) groups is 1. The Balaban J connectivity index is 1.17. The lowest BCUT2D eigenvalue weighted by Gasteiger charge is -2.30. The Bertz CT molecular complexity index is 1180. The van der Waals surface area contributed by atoms with Crippen LogP contribution in [0.5, 0.6) is 0 Å². The topological polar surface area (TPSA) is 108 Å². The number of para-hydroxylation sites is 1. The molecule has 2 aliphatic rings. The van der Waals surface area contributed by atoms with Crippen molar-refractivity contribution in [1.82, 2.24) is 30.4 Å². The van der Waals surface area contributed by atoms with Crippen LogP contribution in [0.3, 0.4) is 0 Å². The van der Waals surface area contributed by atoms with Crippen LogP contribution in [-0.4, -0.2) is 62.5 Å². The van der Waals surface area contributed by atoms with Gasteiger partial charge in [0.2, 0.25) is 11.7 Å². The van der Waals surface area contributed by atoms with Gasteiger partial charge >= 0.3 is 6.03 Å². The molecule has 0 unspecified atom stereocenters. The fourth-order valence-corrected chi connectivity index (χ4v) is 4.02. The predicted octanol–water partition coefficient (Wildman–Crippen LogP) is 3.32. The Kier molecular flexibility index (Phi) is 5.55. The zero-order chi connectivity index (χ0) is 21.9. The average Bonchev–Trinajstić information content (AvgIpc) is 3.33. The monoisotopic (exact) mass is 432 g/mol. The van der Waals surface area contributed by atoms with Crippen LogP contribution in [-0.2, 0) is 0 Å². The minimum atomic E-state index is -0.112. The number of benzene rings is 1. The first-order valence-corrected chi connectivity index (χ1v) is 10.7. The molecule has 4 heterocycles. The summed E-state index contributed by atoms with van der Waals surface area (Å²) < 4.78 is 5.54. The van der Waals surface area contributed by atoms with E-state index in [1.807, 2.05) is 48.6 Å². The first-order chi connectivity index (χ1) is 15.7. The maximum Gasteiger partial charge on any atom is 0.317 e. The van der Waals surface area contributed by atoms with Gasteiger partial charge < -0.3 is 14.7 Å². The van der Waals surface area contributed by atoms with E-state index >= 15 is 0 Å². The second-order valence-corrected chi connectivity index (χ2v) is 7.99. The number of hydrogen-bond acceptors (Lipinski definition) is 7. The molecule has 3 aromatic rings. The van der Waals surface area contributed by atoms with Gasteiger partial charge in [0.05, 0.1) is 12.1 Å². The quantitative estimate of drug-likeness (QED) is 0.651. The third kappa shape index (κ3) is 4.33. The molecule has 164 valence electrons. The number of likely N-dealkylation sites (tertiary alicyclic amines) is 1. The summed E-state index contributed by atoms with van der Waals surface area (Å²) >= 11 is 0. The summed E-state index contributed by atoms with van der Waals surface area (Å²) in [6.45, 7) is 2.06. The summed E-state index contributed by atoms with van der Waals surface area (Å²) in [6.07, 6.45) is 6.88. The Hall–Kier alpha value is -3.72. The molecule has 1 aromatic carbocycles. The van der Waals surface area contributed by atoms with Crippen LogP contribution in [0.2, 0.25) is 0 Å². The molecule has 0 radical (unpaired) electrons. The highest BCUT2D eigenvalue weighted by Crippen LogP contribution is 2.28. The number of aromatic nitrogens is 3. The van der Waals surface area contributed by atoms with Crippen molar-refractivity contribution in [1.29, 1.82) is 0 Å². The molecule has 0 aliphatic carbocycles. The van der Waals surface area contributed by atoms with Crippen molar-refractivity contribution in [3.05, 3.63) is 66.2 Å². The van der Waals surface area contributed by atoms with Crippen LogP contribution in [0, 0.1) is 0 Å². The van der Waals surface area contributed by atoms with E-state index in [1.54, 1.807) is 11.1 Å². The number of urea groups is 1. The minimum Gasteiger partial charge on any atom is -0.339 e. The van der Waals surface area contributed by atoms with Gasteiger partial charge in [-0.2, -0.15) is 4.98 Å². The highest BCUT2D eigenvalue weighted by molar-refractivity contribution is 5.80. The van der Waals surface area contributed by atoms with Crippen molar-refractivity contribution in [3.63, 3.8) is 0 Å². The Morgan fingerprint density at radius 1 is 1.16 bits per heavy atom. The molecule has 2 amide bonds. The molecule has 9 nitrogen and oxygen atoms in total. The van der Waals surface area contributed by atoms with Crippen LogP contribution in [0.15, 0.2) is 64.8 Å². The Morgan fingerprint density at radius 3 is 2.84 bits per heavy atom. The number of fused-ring (bicyclic) bond motifs is 1. The number of amides is 2. The van der Waals surface area contributed by atoms with Gasteiger partial charge in [-0.05, 0) is 30.5 Å². The standard InChI is InChI=1S/C23H24N6O3/c30-23(24-14-16-4-3-11-29(31)15-16)28-12-9-18(10-13-28)22-26-21(27-32-22)20-8-7-17-5-1-2-6-19(17)25-20/h1-8,15,18,31H,9-14H2,(H,24,30). The fraction of sp³-hybridized carbons (Fsp3) is 0.304. The molecule has 2 aromatic heterocycles. The zero-order valence-electron chi connectivity index (χ0n) is 17.5. The van der Waals surface area contributed by atoms with Crippen LogP contribution in [0.4, 0.5) is 4.79 Å². The average molecular weight is 432 g/mol. The maximum absolute atomic E-state index is 12.5. The molecule has 5 rings (SSSR count). The lowest BCUT2D eigenvalue weighted by Crippen LogP contribution is -2.44. The van der Waals surface area contributed by atoms with Gasteiger partial charge in [0.15, 0.2) is 0 Å². The molecular formula is C23H24N6O3. The van der Waals surface area contributed by atoms with Crippen LogP contribution in [0.25, 0.3) is 22.4 Å². The lowest BCUT2D eigenvalue weighted by molar-refractivity contribution is -0.0312. The van der Waals surface area contributed by atoms with Crippen LogP contribution >= 0.6 is 0 Å². The summed E-state index contributed by atoms with van der Waals surface area (Å²) in [5.74, 6) is 1.20. The highest BCUT2D eigenvalue weighted by Gasteiger charge is 2.28. The minimum absolute atomic E-state index is 0.112. The van der Waals surface area contributed by atoms with E-state index < -0.39 is 0 Å². The van der Waals surface area contributed by atoms with E-state index in [0.717, 1.165) is 34.4 Å². The molecule has 0 saturated carbocycles. The number of carbonyl (C=O) groups excluding carboxylic acids is 1. The molecule has 0 atom stereocenters. The number of hydrogen-bond donors (Lipinski definition) is 2. The molecular weight excluding hydrogens is 408 g/mol. The lowest BCUT2D eigenvalue weighted by atomic mass is 9.97. The van der Waals surface area contributed by atoms with Gasteiger partial charge in [0, 0.05) is 37.1 Å². The number of pyridine rings is 1. The molecule has 1 fully saturated rings. The van der Waals surface area contributed by atoms with E-state index in [0.29, 0.717) is 43.6 Å². The zero-order valence-corrected chi connectivity index (χ0v) is 17.5. The van der Waals surface area contributed by atoms with E-state index in [-0.39, 0.29) is 11.9 Å². The predicted molar refractivity (Wildman–Crippen MR) is 118 cm³/mol. The summed E-state index contributed by atoms with van der Waals surface area (Å²) in [5, 5.41) is 18.7. The summed E-state index contributed by atoms with van der Waals surface area (Å²) in [7, 11) is 0. The van der Waals surface area contributed by atoms with Crippen molar-refractivity contribution < 1.29 is 14.5 Å². The second-order valence-electron chi connectivity index (χ2n) is 7.99. The summed E-state index contributed by atoms with van der Waals surface area (Å²) in [6, 6.07) is 11.7. The smallest absolute Gasteiger partial charge is 0.317 e. The van der Waals surface area contributed by atoms with Gasteiger partial charge in [-0.3, -0.25) is 10.3 Å². The van der Waals surface area contributed by atoms with Crippen molar-refractivity contribution in [3.8, 4) is 11.5 Å². The first kappa shape index (κ1) is 20.2. The largest absolute Gasteiger partial charge is 0.339 e. The van der Waals surface area contributed by atoms with Crippen molar-refractivity contribution in [2.45, 2.75) is 18.8 Å². The van der Waals surface area contributed by atoms with Crippen LogP contribution < -0.4 is 5.32 Å². The number of hydroxylamine groups is 2. The first-order valence-electron chi connectivity index (χ1n) is 10.7. The third-order valence-corrected chi connectivity index (χ3v) is 5.78. The Labute approximate surface area is 185 Å². The van der Waals surface area contributed by atoms with E-state index in [1.165, 1.54) is 0 Å². The molecule has 2 aliphatic heterocycles. The van der Waals surface area contributed by atoms with Gasteiger partial charge in [-0.25, -0.2) is 9.78 Å². The van der Waals surface area contributed by atoms with Gasteiger partial charge in [0.1, 0.15) is 5.69 Å². The molecule has 0 bridgehead atoms. The summed E-state index contributed by atoms with van der Waals surface area (Å²) in [4.78, 5) is 23.5. The summed E-state index contributed by atoms with van der Waals surface area (Å²) in [5.41, 5.74) is 2.42. The van der Waals surface area contributed by atoms with E-state index in [9.17, 15) is 10.0 Å². The van der Waals surface area contributed by atoms with Gasteiger partial charge in [0.25, 0.3) is 0 Å². The van der Waals surface area contributed by atoms with Crippen molar-refractivity contribution in [2.24, 2.45) is 0 Å². The SMILES string of the molecule is O=C(NCC1=CN(O)CC=C1)N1CCC(c2nc(-c3ccc4ccccc4n3)no2)CC1. The number of piperidine rings is 1. The van der Waals surface area contributed by atoms with Crippen LogP contribution in [0.1, 0.15) is 24.7 Å². The molecule has 1 saturated heterocycles. The van der Waals surface area contributed by atoms with E-state index in [4.69, 9.17) is 4.52 Å². The van der Waals surface area contributed by atoms with E-state index in [2.05, 4.69) is 20.4 Å². The molecule has 9 heteroatoms. The molecule has 0 spiro atoms. The van der Waals surface area contributed by atoms with Gasteiger partial charge in [-0.1, -0.05) is 41.6 Å². The normalized spacial score (nSPS) is 17.0. The van der Waals surface area contributed by atoms with Gasteiger partial charge in [-0.15, -0.1) is 0 Å². The Morgan fingerprint density at radius 2 is 2.00 bits per heavy atom. The van der Waals surface area contributed by atoms with Crippen molar-refractivity contribution >= 4 is 16.9 Å². The second kappa shape index (κ2) is 8.80.